The minimum Gasteiger partial charge on any atom is -0.481 e. The minimum absolute atomic E-state index is 0.0380. The molecule has 2 saturated heterocycles. The van der Waals surface area contributed by atoms with Gasteiger partial charge in [0.1, 0.15) is 0 Å². The molecule has 0 aromatic carbocycles. The summed E-state index contributed by atoms with van der Waals surface area (Å²) in [6.45, 7) is 4.42. The summed E-state index contributed by atoms with van der Waals surface area (Å²) in [6.07, 6.45) is 1.94. The van der Waals surface area contributed by atoms with Crippen LogP contribution < -0.4 is 5.32 Å². The highest BCUT2D eigenvalue weighted by molar-refractivity contribution is 5.79. The molecule has 118 valence electrons. The van der Waals surface area contributed by atoms with Gasteiger partial charge >= 0.3 is 5.97 Å². The molecule has 2 N–H and O–H groups in total. The molecule has 2 rings (SSSR count). The van der Waals surface area contributed by atoms with Crippen molar-refractivity contribution in [3.05, 3.63) is 0 Å². The van der Waals surface area contributed by atoms with Gasteiger partial charge in [-0.25, -0.2) is 0 Å². The molecular formula is C14H23N3O4. The largest absolute Gasteiger partial charge is 0.481 e. The van der Waals surface area contributed by atoms with E-state index in [9.17, 15) is 14.4 Å². The topological polar surface area (TPSA) is 90.0 Å². The van der Waals surface area contributed by atoms with Crippen LogP contribution in [-0.2, 0) is 14.4 Å². The highest BCUT2D eigenvalue weighted by Gasteiger charge is 2.29. The van der Waals surface area contributed by atoms with Crippen LogP contribution in [0, 0.1) is 5.92 Å². The number of carboxylic acids is 1. The smallest absolute Gasteiger partial charge is 0.306 e. The first kappa shape index (κ1) is 15.8. The minimum atomic E-state index is -0.764. The summed E-state index contributed by atoms with van der Waals surface area (Å²) < 4.78 is 0. The number of nitrogens with zero attached hydrogens (tertiary/aromatic N) is 2. The van der Waals surface area contributed by atoms with Gasteiger partial charge in [-0.3, -0.25) is 19.3 Å². The summed E-state index contributed by atoms with van der Waals surface area (Å²) in [5.74, 6) is -1.06. The number of carboxylic acid groups (broad SMARTS) is 1. The van der Waals surface area contributed by atoms with Gasteiger partial charge in [-0.2, -0.15) is 0 Å². The van der Waals surface area contributed by atoms with Crippen molar-refractivity contribution in [3.8, 4) is 0 Å². The normalized spacial score (nSPS) is 24.0. The fourth-order valence-corrected chi connectivity index (χ4v) is 3.05. The Hall–Kier alpha value is -1.63. The maximum absolute atomic E-state index is 12.2. The lowest BCUT2D eigenvalue weighted by atomic mass is 9.97. The Morgan fingerprint density at radius 1 is 1.14 bits per heavy atom. The SMILES string of the molecule is CC(=O)NC1CCN(CC(=O)N2CCC(C(=O)O)CC2)C1. The molecule has 2 aliphatic heterocycles. The number of rotatable bonds is 4. The van der Waals surface area contributed by atoms with E-state index in [0.29, 0.717) is 39.0 Å². The zero-order chi connectivity index (χ0) is 15.4. The van der Waals surface area contributed by atoms with Crippen molar-refractivity contribution in [3.63, 3.8) is 0 Å². The number of hydrogen-bond donors (Lipinski definition) is 2. The Morgan fingerprint density at radius 2 is 1.81 bits per heavy atom. The van der Waals surface area contributed by atoms with Crippen molar-refractivity contribution in [2.24, 2.45) is 5.92 Å². The molecule has 0 saturated carbocycles. The molecule has 0 bridgehead atoms. The molecule has 7 heteroatoms. The lowest BCUT2D eigenvalue weighted by molar-refractivity contribution is -0.145. The first-order valence-electron chi connectivity index (χ1n) is 7.45. The van der Waals surface area contributed by atoms with Gasteiger partial charge in [-0.05, 0) is 19.3 Å². The van der Waals surface area contributed by atoms with Crippen LogP contribution in [0.1, 0.15) is 26.2 Å². The molecule has 0 radical (unpaired) electrons. The Bertz CT molecular complexity index is 418. The van der Waals surface area contributed by atoms with Crippen molar-refractivity contribution in [1.82, 2.24) is 15.1 Å². The molecule has 1 atom stereocenters. The molecule has 1 unspecified atom stereocenters. The van der Waals surface area contributed by atoms with E-state index in [2.05, 4.69) is 5.32 Å². The summed E-state index contributed by atoms with van der Waals surface area (Å²) in [5.41, 5.74) is 0. The molecule has 2 aliphatic rings. The highest BCUT2D eigenvalue weighted by Crippen LogP contribution is 2.18. The Kier molecular flexibility index (Phi) is 5.17. The second kappa shape index (κ2) is 6.89. The lowest BCUT2D eigenvalue weighted by Crippen LogP contribution is -2.45. The van der Waals surface area contributed by atoms with Gasteiger partial charge in [0.25, 0.3) is 0 Å². The monoisotopic (exact) mass is 297 g/mol. The van der Waals surface area contributed by atoms with Gasteiger partial charge in [0.15, 0.2) is 0 Å². The summed E-state index contributed by atoms with van der Waals surface area (Å²) in [4.78, 5) is 37.9. The number of amides is 2. The van der Waals surface area contributed by atoms with E-state index in [-0.39, 0.29) is 23.8 Å². The van der Waals surface area contributed by atoms with Crippen molar-refractivity contribution >= 4 is 17.8 Å². The predicted octanol–water partition coefficient (Wildman–Crippen LogP) is -0.480. The van der Waals surface area contributed by atoms with Gasteiger partial charge in [0.05, 0.1) is 12.5 Å². The molecule has 2 heterocycles. The third-order valence-electron chi connectivity index (χ3n) is 4.24. The van der Waals surface area contributed by atoms with Crippen LogP contribution >= 0.6 is 0 Å². The summed E-state index contributed by atoms with van der Waals surface area (Å²) >= 11 is 0. The average Bonchev–Trinajstić information content (AvgIpc) is 2.85. The fraction of sp³-hybridized carbons (Fsp3) is 0.786. The Labute approximate surface area is 124 Å². The Balaban J connectivity index is 1.73. The van der Waals surface area contributed by atoms with Crippen LogP contribution in [0.4, 0.5) is 0 Å². The number of hydrogen-bond acceptors (Lipinski definition) is 4. The van der Waals surface area contributed by atoms with Crippen LogP contribution in [-0.4, -0.2) is 71.5 Å². The zero-order valence-corrected chi connectivity index (χ0v) is 12.4. The van der Waals surface area contributed by atoms with Crippen molar-refractivity contribution in [1.29, 1.82) is 0 Å². The molecule has 0 aromatic rings. The molecule has 0 aromatic heterocycles. The van der Waals surface area contributed by atoms with Crippen LogP contribution in [0.15, 0.2) is 0 Å². The van der Waals surface area contributed by atoms with Gasteiger partial charge in [-0.15, -0.1) is 0 Å². The van der Waals surface area contributed by atoms with Crippen molar-refractivity contribution in [2.45, 2.75) is 32.2 Å². The van der Waals surface area contributed by atoms with Gasteiger partial charge < -0.3 is 15.3 Å². The second-order valence-corrected chi connectivity index (χ2v) is 5.91. The molecule has 2 fully saturated rings. The average molecular weight is 297 g/mol. The number of nitrogens with one attached hydrogen (secondary N) is 1. The first-order chi connectivity index (χ1) is 9.95. The van der Waals surface area contributed by atoms with Gasteiger partial charge in [-0.1, -0.05) is 0 Å². The van der Waals surface area contributed by atoms with E-state index in [1.165, 1.54) is 6.92 Å². The first-order valence-corrected chi connectivity index (χ1v) is 7.45. The number of carbonyl (C=O) groups is 3. The number of likely N-dealkylation sites (tertiary alicyclic amines) is 2. The molecule has 2 amide bonds. The molecular weight excluding hydrogens is 274 g/mol. The van der Waals surface area contributed by atoms with Crippen LogP contribution in [0.2, 0.25) is 0 Å². The number of aliphatic carboxylic acids is 1. The maximum atomic E-state index is 12.2. The van der Waals surface area contributed by atoms with Crippen LogP contribution in [0.3, 0.4) is 0 Å². The number of piperidine rings is 1. The van der Waals surface area contributed by atoms with Crippen molar-refractivity contribution < 1.29 is 19.5 Å². The maximum Gasteiger partial charge on any atom is 0.306 e. The summed E-state index contributed by atoms with van der Waals surface area (Å²) in [7, 11) is 0. The summed E-state index contributed by atoms with van der Waals surface area (Å²) in [5, 5.41) is 11.8. The van der Waals surface area contributed by atoms with E-state index >= 15 is 0 Å². The van der Waals surface area contributed by atoms with E-state index in [1.54, 1.807) is 4.90 Å². The van der Waals surface area contributed by atoms with E-state index in [0.717, 1.165) is 13.0 Å². The van der Waals surface area contributed by atoms with E-state index in [1.807, 2.05) is 4.90 Å². The third-order valence-corrected chi connectivity index (χ3v) is 4.24. The molecule has 21 heavy (non-hydrogen) atoms. The van der Waals surface area contributed by atoms with Crippen LogP contribution in [0.25, 0.3) is 0 Å². The highest BCUT2D eigenvalue weighted by atomic mass is 16.4. The molecule has 7 nitrogen and oxygen atoms in total. The standard InChI is InChI=1S/C14H23N3O4/c1-10(18)15-12-4-5-16(8-12)9-13(19)17-6-2-11(3-7-17)14(20)21/h11-12H,2-9H2,1H3,(H,15,18)(H,20,21). The third kappa shape index (κ3) is 4.42. The number of carbonyl (C=O) groups excluding carboxylic acids is 2. The fourth-order valence-electron chi connectivity index (χ4n) is 3.05. The second-order valence-electron chi connectivity index (χ2n) is 5.91. The van der Waals surface area contributed by atoms with E-state index in [4.69, 9.17) is 5.11 Å². The van der Waals surface area contributed by atoms with Gasteiger partial charge in [0.2, 0.25) is 11.8 Å². The van der Waals surface area contributed by atoms with Gasteiger partial charge in [0, 0.05) is 39.1 Å². The van der Waals surface area contributed by atoms with E-state index < -0.39 is 5.97 Å². The molecule has 0 spiro atoms. The molecule has 0 aliphatic carbocycles. The van der Waals surface area contributed by atoms with Crippen molar-refractivity contribution in [2.75, 3.05) is 32.7 Å². The quantitative estimate of drug-likeness (QED) is 0.731. The zero-order valence-electron chi connectivity index (χ0n) is 12.4. The lowest BCUT2D eigenvalue weighted by Gasteiger charge is -2.31. The summed E-state index contributed by atoms with van der Waals surface area (Å²) in [6, 6.07) is 0.132. The Morgan fingerprint density at radius 3 is 2.38 bits per heavy atom. The predicted molar refractivity (Wildman–Crippen MR) is 75.6 cm³/mol. The van der Waals surface area contributed by atoms with Crippen LogP contribution in [0.5, 0.6) is 0 Å².